The van der Waals surface area contributed by atoms with Crippen LogP contribution in [0.1, 0.15) is 66.2 Å². The van der Waals surface area contributed by atoms with E-state index in [4.69, 9.17) is 10.5 Å². The molecule has 0 aliphatic carbocycles. The van der Waals surface area contributed by atoms with Crippen LogP contribution in [0.5, 0.6) is 0 Å². The molecular formula is C15H31NO. The van der Waals surface area contributed by atoms with Crippen LogP contribution in [0, 0.1) is 11.3 Å². The van der Waals surface area contributed by atoms with Crippen LogP contribution in [0.25, 0.3) is 0 Å². The maximum atomic E-state index is 6.22. The average molecular weight is 241 g/mol. The highest BCUT2D eigenvalue weighted by molar-refractivity contribution is 4.75. The molecule has 1 rings (SSSR count). The first kappa shape index (κ1) is 15.0. The maximum absolute atomic E-state index is 6.22. The van der Waals surface area contributed by atoms with Gasteiger partial charge in [0, 0.05) is 12.6 Å². The van der Waals surface area contributed by atoms with Crippen molar-refractivity contribution in [3.8, 4) is 0 Å². The van der Waals surface area contributed by atoms with Crippen LogP contribution in [0.2, 0.25) is 0 Å². The first-order chi connectivity index (χ1) is 7.89. The third-order valence-corrected chi connectivity index (χ3v) is 4.26. The Morgan fingerprint density at radius 2 is 2.06 bits per heavy atom. The Balaban J connectivity index is 2.10. The minimum absolute atomic E-state index is 0.366. The van der Waals surface area contributed by atoms with E-state index in [1.165, 1.54) is 25.7 Å². The maximum Gasteiger partial charge on any atom is 0.0576 e. The summed E-state index contributed by atoms with van der Waals surface area (Å²) in [6, 6.07) is 0.366. The van der Waals surface area contributed by atoms with Crippen LogP contribution in [0.4, 0.5) is 0 Å². The highest BCUT2D eigenvalue weighted by atomic mass is 16.5. The molecule has 2 N–H and O–H groups in total. The lowest BCUT2D eigenvalue weighted by Gasteiger charge is -2.29. The van der Waals surface area contributed by atoms with E-state index >= 15 is 0 Å². The summed E-state index contributed by atoms with van der Waals surface area (Å²) in [5.74, 6) is 0.695. The van der Waals surface area contributed by atoms with Crippen molar-refractivity contribution in [1.29, 1.82) is 0 Å². The molecule has 3 atom stereocenters. The van der Waals surface area contributed by atoms with E-state index in [0.717, 1.165) is 19.4 Å². The van der Waals surface area contributed by atoms with Gasteiger partial charge >= 0.3 is 0 Å². The summed E-state index contributed by atoms with van der Waals surface area (Å²) in [4.78, 5) is 0. The molecule has 0 aromatic rings. The van der Waals surface area contributed by atoms with E-state index in [9.17, 15) is 0 Å². The molecule has 0 saturated carbocycles. The minimum atomic E-state index is 0.366. The summed E-state index contributed by atoms with van der Waals surface area (Å²) >= 11 is 0. The van der Waals surface area contributed by atoms with Crippen molar-refractivity contribution in [3.05, 3.63) is 0 Å². The highest BCUT2D eigenvalue weighted by Gasteiger charge is 2.22. The molecule has 1 fully saturated rings. The number of nitrogens with two attached hydrogens (primary N) is 1. The Morgan fingerprint density at radius 3 is 2.59 bits per heavy atom. The van der Waals surface area contributed by atoms with Crippen LogP contribution in [0.3, 0.4) is 0 Å². The van der Waals surface area contributed by atoms with E-state index in [2.05, 4.69) is 27.7 Å². The van der Waals surface area contributed by atoms with Gasteiger partial charge in [-0.05, 0) is 49.9 Å². The van der Waals surface area contributed by atoms with Crippen molar-refractivity contribution in [1.82, 2.24) is 0 Å². The summed E-state index contributed by atoms with van der Waals surface area (Å²) in [6.45, 7) is 10.2. The van der Waals surface area contributed by atoms with Gasteiger partial charge in [-0.25, -0.2) is 0 Å². The number of hydrogen-bond acceptors (Lipinski definition) is 2. The van der Waals surface area contributed by atoms with Gasteiger partial charge in [0.1, 0.15) is 0 Å². The Kier molecular flexibility index (Phi) is 5.94. The fraction of sp³-hybridized carbons (Fsp3) is 1.00. The summed E-state index contributed by atoms with van der Waals surface area (Å²) in [5.41, 5.74) is 6.60. The molecule has 17 heavy (non-hydrogen) atoms. The average Bonchev–Trinajstić information content (AvgIpc) is 2.69. The van der Waals surface area contributed by atoms with Crippen LogP contribution in [-0.4, -0.2) is 18.8 Å². The summed E-state index contributed by atoms with van der Waals surface area (Å²) in [7, 11) is 0. The van der Waals surface area contributed by atoms with E-state index in [1.54, 1.807) is 0 Å². The molecule has 1 heterocycles. The highest BCUT2D eigenvalue weighted by Crippen LogP contribution is 2.29. The Labute approximate surface area is 107 Å². The van der Waals surface area contributed by atoms with Gasteiger partial charge in [0.2, 0.25) is 0 Å². The van der Waals surface area contributed by atoms with Crippen LogP contribution in [0.15, 0.2) is 0 Å². The Bertz CT molecular complexity index is 203. The molecule has 3 unspecified atom stereocenters. The summed E-state index contributed by atoms with van der Waals surface area (Å²) in [6.07, 6.45) is 7.77. The van der Waals surface area contributed by atoms with E-state index in [1.807, 2.05) is 0 Å². The van der Waals surface area contributed by atoms with Crippen molar-refractivity contribution in [2.45, 2.75) is 78.4 Å². The van der Waals surface area contributed by atoms with Gasteiger partial charge in [-0.1, -0.05) is 27.7 Å². The smallest absolute Gasteiger partial charge is 0.0576 e. The zero-order valence-corrected chi connectivity index (χ0v) is 12.2. The normalized spacial score (nSPS) is 24.9. The Morgan fingerprint density at radius 1 is 1.35 bits per heavy atom. The first-order valence-electron chi connectivity index (χ1n) is 7.26. The van der Waals surface area contributed by atoms with Crippen LogP contribution < -0.4 is 5.73 Å². The van der Waals surface area contributed by atoms with Crippen molar-refractivity contribution >= 4 is 0 Å². The standard InChI is InChI=1S/C15H31NO/c1-12(15(2,3)4)11-13(16)7-5-8-14-9-6-10-17-14/h12-14H,5-11,16H2,1-4H3. The monoisotopic (exact) mass is 241 g/mol. The van der Waals surface area contributed by atoms with Crippen molar-refractivity contribution in [2.24, 2.45) is 17.1 Å². The molecule has 0 aromatic carbocycles. The first-order valence-corrected chi connectivity index (χ1v) is 7.26. The lowest BCUT2D eigenvalue weighted by Crippen LogP contribution is -2.28. The lowest BCUT2D eigenvalue weighted by atomic mass is 9.78. The fourth-order valence-electron chi connectivity index (χ4n) is 2.41. The van der Waals surface area contributed by atoms with Gasteiger partial charge in [0.25, 0.3) is 0 Å². The van der Waals surface area contributed by atoms with Gasteiger partial charge in [0.15, 0.2) is 0 Å². The van der Waals surface area contributed by atoms with Gasteiger partial charge in [-0.15, -0.1) is 0 Å². The van der Waals surface area contributed by atoms with Gasteiger partial charge in [-0.2, -0.15) is 0 Å². The number of ether oxygens (including phenoxy) is 1. The second-order valence-electron chi connectivity index (χ2n) is 6.83. The molecule has 0 amide bonds. The minimum Gasteiger partial charge on any atom is -0.378 e. The zero-order chi connectivity index (χ0) is 12.9. The molecule has 1 saturated heterocycles. The fourth-order valence-corrected chi connectivity index (χ4v) is 2.41. The lowest BCUT2D eigenvalue weighted by molar-refractivity contribution is 0.101. The van der Waals surface area contributed by atoms with E-state index < -0.39 is 0 Å². The van der Waals surface area contributed by atoms with Gasteiger partial charge in [-0.3, -0.25) is 0 Å². The molecule has 1 aliphatic heterocycles. The molecule has 1 aliphatic rings. The largest absolute Gasteiger partial charge is 0.378 e. The topological polar surface area (TPSA) is 35.2 Å². The number of hydrogen-bond donors (Lipinski definition) is 1. The molecule has 2 heteroatoms. The van der Waals surface area contributed by atoms with Gasteiger partial charge in [0.05, 0.1) is 6.10 Å². The quantitative estimate of drug-likeness (QED) is 0.769. The molecule has 0 spiro atoms. The van der Waals surface area contributed by atoms with Crippen molar-refractivity contribution in [2.75, 3.05) is 6.61 Å². The van der Waals surface area contributed by atoms with E-state index in [0.29, 0.717) is 23.5 Å². The predicted molar refractivity (Wildman–Crippen MR) is 74.0 cm³/mol. The molecule has 102 valence electrons. The SMILES string of the molecule is CC(CC(N)CCCC1CCCO1)C(C)(C)C. The van der Waals surface area contributed by atoms with Gasteiger partial charge < -0.3 is 10.5 Å². The van der Waals surface area contributed by atoms with Crippen LogP contribution in [-0.2, 0) is 4.74 Å². The molecule has 0 bridgehead atoms. The Hall–Kier alpha value is -0.0800. The second kappa shape index (κ2) is 6.75. The number of rotatable bonds is 6. The third kappa shape index (κ3) is 5.87. The molecule has 2 nitrogen and oxygen atoms in total. The van der Waals surface area contributed by atoms with Crippen molar-refractivity contribution < 1.29 is 4.74 Å². The molecular weight excluding hydrogens is 210 g/mol. The van der Waals surface area contributed by atoms with Crippen LogP contribution >= 0.6 is 0 Å². The summed E-state index contributed by atoms with van der Waals surface area (Å²) in [5, 5.41) is 0. The molecule has 0 radical (unpaired) electrons. The predicted octanol–water partition coefficient (Wildman–Crippen LogP) is 3.74. The summed E-state index contributed by atoms with van der Waals surface area (Å²) < 4.78 is 5.63. The zero-order valence-electron chi connectivity index (χ0n) is 12.2. The van der Waals surface area contributed by atoms with E-state index in [-0.39, 0.29) is 0 Å². The second-order valence-corrected chi connectivity index (χ2v) is 6.83. The third-order valence-electron chi connectivity index (χ3n) is 4.26. The molecule has 0 aromatic heterocycles. The van der Waals surface area contributed by atoms with Crippen molar-refractivity contribution in [3.63, 3.8) is 0 Å².